The van der Waals surface area contributed by atoms with Gasteiger partial charge in [-0.3, -0.25) is 0 Å². The summed E-state index contributed by atoms with van der Waals surface area (Å²) in [6.07, 6.45) is 1.85. The van der Waals surface area contributed by atoms with Crippen LogP contribution in [0.4, 0.5) is 15.9 Å². The van der Waals surface area contributed by atoms with Gasteiger partial charge in [0.25, 0.3) is 0 Å². The molecule has 3 aromatic rings. The largest absolute Gasteiger partial charge is 0.402 e. The molecule has 0 aliphatic heterocycles. The zero-order chi connectivity index (χ0) is 18.7. The molecule has 26 heavy (non-hydrogen) atoms. The summed E-state index contributed by atoms with van der Waals surface area (Å²) >= 11 is 3.41. The lowest BCUT2D eigenvalue weighted by Crippen LogP contribution is -2.06. The molecule has 6 N–H and O–H groups in total. The number of hydrogen-bond acceptors (Lipinski definition) is 5. The molecule has 0 radical (unpaired) electrons. The molecule has 1 aromatic heterocycles. The second-order valence-electron chi connectivity index (χ2n) is 5.75. The molecule has 0 aliphatic carbocycles. The Kier molecular flexibility index (Phi) is 5.18. The van der Waals surface area contributed by atoms with Gasteiger partial charge in [0, 0.05) is 23.4 Å². The average molecular weight is 414 g/mol. The number of benzene rings is 2. The minimum Gasteiger partial charge on any atom is -0.402 e. The van der Waals surface area contributed by atoms with Crippen molar-refractivity contribution < 1.29 is 4.39 Å². The van der Waals surface area contributed by atoms with Gasteiger partial charge in [0.2, 0.25) is 0 Å². The number of rotatable bonds is 4. The van der Waals surface area contributed by atoms with E-state index >= 15 is 0 Å². The molecule has 0 unspecified atom stereocenters. The SMILES string of the molecule is NC(=Cc1nc(Br)c(-c2cccc(N)c2)nc1N)Cc1ccccc1F. The maximum absolute atomic E-state index is 13.8. The summed E-state index contributed by atoms with van der Waals surface area (Å²) in [5.41, 5.74) is 21.2. The minimum atomic E-state index is -0.305. The van der Waals surface area contributed by atoms with Crippen LogP contribution in [0.5, 0.6) is 0 Å². The van der Waals surface area contributed by atoms with Crippen LogP contribution in [-0.2, 0) is 6.42 Å². The van der Waals surface area contributed by atoms with E-state index < -0.39 is 0 Å². The van der Waals surface area contributed by atoms with Crippen molar-refractivity contribution in [1.82, 2.24) is 9.97 Å². The Bertz CT molecular complexity index is 987. The van der Waals surface area contributed by atoms with Gasteiger partial charge in [-0.2, -0.15) is 0 Å². The molecule has 132 valence electrons. The monoisotopic (exact) mass is 413 g/mol. The molecule has 0 spiro atoms. The molecule has 0 atom stereocenters. The van der Waals surface area contributed by atoms with Crippen molar-refractivity contribution in [2.24, 2.45) is 5.73 Å². The molecule has 5 nitrogen and oxygen atoms in total. The average Bonchev–Trinajstić information content (AvgIpc) is 2.60. The second-order valence-corrected chi connectivity index (χ2v) is 6.50. The Morgan fingerprint density at radius 2 is 1.85 bits per heavy atom. The maximum Gasteiger partial charge on any atom is 0.150 e. The Morgan fingerprint density at radius 3 is 2.58 bits per heavy atom. The topological polar surface area (TPSA) is 104 Å². The van der Waals surface area contributed by atoms with Crippen LogP contribution in [0.15, 0.2) is 58.8 Å². The third-order valence-electron chi connectivity index (χ3n) is 3.74. The Hall–Kier alpha value is -2.93. The highest BCUT2D eigenvalue weighted by molar-refractivity contribution is 9.10. The summed E-state index contributed by atoms with van der Waals surface area (Å²) in [5.74, 6) is -0.0804. The van der Waals surface area contributed by atoms with E-state index in [0.29, 0.717) is 32.9 Å². The number of allylic oxidation sites excluding steroid dienone is 1. The van der Waals surface area contributed by atoms with Gasteiger partial charge in [-0.25, -0.2) is 14.4 Å². The van der Waals surface area contributed by atoms with Crippen LogP contribution < -0.4 is 17.2 Å². The van der Waals surface area contributed by atoms with E-state index in [-0.39, 0.29) is 18.1 Å². The van der Waals surface area contributed by atoms with Crippen molar-refractivity contribution in [2.75, 3.05) is 11.5 Å². The first-order valence-corrected chi connectivity index (χ1v) is 8.61. The summed E-state index contributed by atoms with van der Waals surface area (Å²) < 4.78 is 14.3. The molecule has 0 aliphatic rings. The van der Waals surface area contributed by atoms with Gasteiger partial charge in [-0.15, -0.1) is 0 Å². The van der Waals surface area contributed by atoms with Crippen molar-refractivity contribution in [2.45, 2.75) is 6.42 Å². The van der Waals surface area contributed by atoms with E-state index in [1.165, 1.54) is 6.07 Å². The molecule has 2 aromatic carbocycles. The molecule has 0 saturated heterocycles. The Labute approximate surface area is 158 Å². The third kappa shape index (κ3) is 4.00. The third-order valence-corrected chi connectivity index (χ3v) is 4.30. The van der Waals surface area contributed by atoms with Crippen molar-refractivity contribution >= 4 is 33.5 Å². The van der Waals surface area contributed by atoms with Crippen LogP contribution in [0.1, 0.15) is 11.3 Å². The van der Waals surface area contributed by atoms with Gasteiger partial charge >= 0.3 is 0 Å². The molecule has 0 saturated carbocycles. The van der Waals surface area contributed by atoms with E-state index in [9.17, 15) is 4.39 Å². The lowest BCUT2D eigenvalue weighted by molar-refractivity contribution is 0.613. The first-order valence-electron chi connectivity index (χ1n) is 7.82. The van der Waals surface area contributed by atoms with Crippen molar-refractivity contribution in [3.05, 3.63) is 75.9 Å². The Balaban J connectivity index is 1.92. The van der Waals surface area contributed by atoms with Crippen molar-refractivity contribution in [3.8, 4) is 11.3 Å². The molecule has 0 fully saturated rings. The minimum absolute atomic E-state index is 0.224. The van der Waals surface area contributed by atoms with Crippen LogP contribution in [0.3, 0.4) is 0 Å². The van der Waals surface area contributed by atoms with Crippen LogP contribution >= 0.6 is 15.9 Å². The first kappa shape index (κ1) is 17.9. The summed E-state index contributed by atoms with van der Waals surface area (Å²) in [6.45, 7) is 0. The number of hydrogen-bond donors (Lipinski definition) is 3. The van der Waals surface area contributed by atoms with Gasteiger partial charge in [0.1, 0.15) is 27.6 Å². The molecular formula is C19H17BrFN5. The van der Waals surface area contributed by atoms with Gasteiger partial charge < -0.3 is 17.2 Å². The number of aromatic nitrogens is 2. The smallest absolute Gasteiger partial charge is 0.150 e. The van der Waals surface area contributed by atoms with E-state index in [1.807, 2.05) is 12.1 Å². The van der Waals surface area contributed by atoms with Crippen LogP contribution in [0, 0.1) is 5.82 Å². The number of anilines is 2. The van der Waals surface area contributed by atoms with Gasteiger partial charge in [0.05, 0.1) is 0 Å². The van der Waals surface area contributed by atoms with Gasteiger partial charge in [-0.1, -0.05) is 30.3 Å². The number of nitrogens with zero attached hydrogens (tertiary/aromatic N) is 2. The highest BCUT2D eigenvalue weighted by atomic mass is 79.9. The standard InChI is InChI=1S/C19H17BrFN5/c20-18-17(12-5-3-6-13(22)9-12)26-19(24)16(25-18)10-14(23)8-11-4-1-2-7-15(11)21/h1-7,9-10H,8,22-23H2,(H2,24,26). The van der Waals surface area contributed by atoms with Crippen LogP contribution in [0.25, 0.3) is 17.3 Å². The number of halogens is 2. The molecule has 3 rings (SSSR count). The van der Waals surface area contributed by atoms with Crippen LogP contribution in [0.2, 0.25) is 0 Å². The number of nitrogen functional groups attached to an aromatic ring is 2. The second kappa shape index (κ2) is 7.53. The van der Waals surface area contributed by atoms with Crippen molar-refractivity contribution in [1.29, 1.82) is 0 Å². The number of nitrogens with two attached hydrogens (primary N) is 3. The van der Waals surface area contributed by atoms with E-state index in [2.05, 4.69) is 25.9 Å². The normalized spacial score (nSPS) is 11.5. The molecule has 0 bridgehead atoms. The maximum atomic E-state index is 13.8. The zero-order valence-corrected chi connectivity index (χ0v) is 15.4. The van der Waals surface area contributed by atoms with E-state index in [4.69, 9.17) is 17.2 Å². The van der Waals surface area contributed by atoms with E-state index in [0.717, 1.165) is 5.56 Å². The summed E-state index contributed by atoms with van der Waals surface area (Å²) in [6, 6.07) is 13.7. The highest BCUT2D eigenvalue weighted by Crippen LogP contribution is 2.28. The fraction of sp³-hybridized carbons (Fsp3) is 0.0526. The van der Waals surface area contributed by atoms with Crippen LogP contribution in [-0.4, -0.2) is 9.97 Å². The Morgan fingerprint density at radius 1 is 1.08 bits per heavy atom. The van der Waals surface area contributed by atoms with Gasteiger partial charge in [-0.05, 0) is 45.8 Å². The van der Waals surface area contributed by atoms with E-state index in [1.54, 1.807) is 36.4 Å². The fourth-order valence-electron chi connectivity index (χ4n) is 2.50. The van der Waals surface area contributed by atoms with Gasteiger partial charge in [0.15, 0.2) is 0 Å². The summed E-state index contributed by atoms with van der Waals surface area (Å²) in [4.78, 5) is 8.82. The first-order chi connectivity index (χ1) is 12.4. The predicted molar refractivity (Wildman–Crippen MR) is 106 cm³/mol. The zero-order valence-electron chi connectivity index (χ0n) is 13.8. The quantitative estimate of drug-likeness (QED) is 0.564. The van der Waals surface area contributed by atoms with Crippen molar-refractivity contribution in [3.63, 3.8) is 0 Å². The fourth-order valence-corrected chi connectivity index (χ4v) is 3.01. The summed E-state index contributed by atoms with van der Waals surface area (Å²) in [7, 11) is 0. The highest BCUT2D eigenvalue weighted by Gasteiger charge is 2.12. The molecular weight excluding hydrogens is 397 g/mol. The molecule has 0 amide bonds. The molecule has 1 heterocycles. The summed E-state index contributed by atoms with van der Waals surface area (Å²) in [5, 5.41) is 0. The lowest BCUT2D eigenvalue weighted by atomic mass is 10.1. The molecule has 7 heteroatoms. The lowest BCUT2D eigenvalue weighted by Gasteiger charge is -2.09. The predicted octanol–water partition coefficient (Wildman–Crippen LogP) is 3.75.